The van der Waals surface area contributed by atoms with Crippen LogP contribution in [0.5, 0.6) is 0 Å². The molecule has 2 heterocycles. The minimum Gasteiger partial charge on any atom is -0.347 e. The van der Waals surface area contributed by atoms with Gasteiger partial charge in [0, 0.05) is 25.0 Å². The van der Waals surface area contributed by atoms with Crippen molar-refractivity contribution in [2.75, 3.05) is 0 Å². The Morgan fingerprint density at radius 2 is 2.00 bits per heavy atom. The zero-order valence-corrected chi connectivity index (χ0v) is 10.3. The quantitative estimate of drug-likeness (QED) is 0.719. The van der Waals surface area contributed by atoms with E-state index in [1.807, 2.05) is 30.3 Å². The molecule has 3 rings (SSSR count). The van der Waals surface area contributed by atoms with Crippen molar-refractivity contribution in [3.05, 3.63) is 60.4 Å². The highest BCUT2D eigenvalue weighted by Crippen LogP contribution is 2.04. The lowest BCUT2D eigenvalue weighted by Crippen LogP contribution is -2.13. The highest BCUT2D eigenvalue weighted by Gasteiger charge is 2.02. The molecule has 2 N–H and O–H groups in total. The van der Waals surface area contributed by atoms with Crippen LogP contribution in [0, 0.1) is 0 Å². The van der Waals surface area contributed by atoms with Crippen LogP contribution in [0.2, 0.25) is 0 Å². The summed E-state index contributed by atoms with van der Waals surface area (Å²) in [5.41, 5.74) is 2.92. The summed E-state index contributed by atoms with van der Waals surface area (Å²) >= 11 is 0. The monoisotopic (exact) mass is 254 g/mol. The predicted molar refractivity (Wildman–Crippen MR) is 70.5 cm³/mol. The summed E-state index contributed by atoms with van der Waals surface area (Å²) in [7, 11) is 0. The molecule has 0 saturated carbocycles. The van der Waals surface area contributed by atoms with Gasteiger partial charge < -0.3 is 10.3 Å². The minimum absolute atomic E-state index is 0.672. The number of H-pyrrole nitrogens is 1. The Kier molecular flexibility index (Phi) is 3.33. The van der Waals surface area contributed by atoms with Gasteiger partial charge in [-0.3, -0.25) is 0 Å². The molecule has 19 heavy (non-hydrogen) atoms. The van der Waals surface area contributed by atoms with E-state index in [1.165, 1.54) is 0 Å². The molecule has 6 heteroatoms. The van der Waals surface area contributed by atoms with Crippen molar-refractivity contribution in [1.82, 2.24) is 30.3 Å². The Morgan fingerprint density at radius 3 is 2.79 bits per heavy atom. The predicted octanol–water partition coefficient (Wildman–Crippen LogP) is 1.28. The van der Waals surface area contributed by atoms with E-state index in [2.05, 4.69) is 25.5 Å². The summed E-state index contributed by atoms with van der Waals surface area (Å²) in [6.45, 7) is 1.41. The van der Waals surface area contributed by atoms with Gasteiger partial charge in [-0.05, 0) is 12.1 Å². The molecule has 0 amide bonds. The first-order valence-corrected chi connectivity index (χ1v) is 6.06. The summed E-state index contributed by atoms with van der Waals surface area (Å²) < 4.78 is 0. The Hall–Kier alpha value is -2.47. The molecule has 0 aliphatic rings. The van der Waals surface area contributed by atoms with Gasteiger partial charge >= 0.3 is 0 Å². The van der Waals surface area contributed by atoms with Crippen molar-refractivity contribution in [3.63, 3.8) is 0 Å². The average Bonchev–Trinajstić information content (AvgIpc) is 3.11. The first kappa shape index (κ1) is 11.6. The Bertz CT molecular complexity index is 614. The zero-order chi connectivity index (χ0) is 12.9. The third kappa shape index (κ3) is 2.86. The molecule has 0 saturated heterocycles. The topological polar surface area (TPSA) is 71.4 Å². The maximum Gasteiger partial charge on any atom is 0.0969 e. The molecule has 0 atom stereocenters. The van der Waals surface area contributed by atoms with Crippen LogP contribution in [0.25, 0.3) is 5.69 Å². The number of nitrogens with one attached hydrogen (secondary N) is 2. The third-order valence-corrected chi connectivity index (χ3v) is 2.70. The fourth-order valence-corrected chi connectivity index (χ4v) is 1.77. The smallest absolute Gasteiger partial charge is 0.0969 e. The van der Waals surface area contributed by atoms with Crippen molar-refractivity contribution < 1.29 is 0 Å². The van der Waals surface area contributed by atoms with Crippen molar-refractivity contribution >= 4 is 0 Å². The van der Waals surface area contributed by atoms with Crippen LogP contribution in [-0.2, 0) is 13.1 Å². The molecule has 0 bridgehead atoms. The van der Waals surface area contributed by atoms with Gasteiger partial charge in [0.2, 0.25) is 0 Å². The molecular formula is C13H14N6. The van der Waals surface area contributed by atoms with Crippen LogP contribution in [0.1, 0.15) is 11.4 Å². The van der Waals surface area contributed by atoms with Gasteiger partial charge in [-0.15, -0.1) is 0 Å². The van der Waals surface area contributed by atoms with E-state index in [4.69, 9.17) is 0 Å². The Morgan fingerprint density at radius 1 is 1.11 bits per heavy atom. The highest BCUT2D eigenvalue weighted by molar-refractivity contribution is 5.28. The summed E-state index contributed by atoms with van der Waals surface area (Å²) in [4.78, 5) is 8.64. The number of benzene rings is 1. The fourth-order valence-electron chi connectivity index (χ4n) is 1.77. The van der Waals surface area contributed by atoms with E-state index in [-0.39, 0.29) is 0 Å². The Balaban J connectivity index is 1.59. The average molecular weight is 254 g/mol. The van der Waals surface area contributed by atoms with E-state index < -0.39 is 0 Å². The van der Waals surface area contributed by atoms with Gasteiger partial charge in [0.05, 0.1) is 23.9 Å². The molecule has 0 fully saturated rings. The number of nitrogens with zero attached hydrogens (tertiary/aromatic N) is 4. The second-order valence-corrected chi connectivity index (χ2v) is 4.14. The number of hydrogen-bond donors (Lipinski definition) is 2. The summed E-state index contributed by atoms with van der Waals surface area (Å²) in [5, 5.41) is 11.9. The van der Waals surface area contributed by atoms with Crippen LogP contribution in [0.4, 0.5) is 0 Å². The number of rotatable bonds is 5. The van der Waals surface area contributed by atoms with Gasteiger partial charge in [-0.2, -0.15) is 15.0 Å². The number of hydrogen-bond acceptors (Lipinski definition) is 4. The largest absolute Gasteiger partial charge is 0.347 e. The number of imidazole rings is 1. The number of aromatic nitrogens is 5. The molecule has 3 aromatic rings. The van der Waals surface area contributed by atoms with Gasteiger partial charge in [0.15, 0.2) is 0 Å². The number of para-hydroxylation sites is 1. The standard InChI is InChI=1S/C13H14N6/c1-2-4-13(5-3-1)19-17-9-12(18-19)8-14-6-11-7-15-10-16-11/h1-5,7,9-10,14H,6,8H2,(H,15,16). The van der Waals surface area contributed by atoms with E-state index >= 15 is 0 Å². The van der Waals surface area contributed by atoms with Crippen molar-refractivity contribution in [1.29, 1.82) is 0 Å². The molecule has 1 aromatic carbocycles. The Labute approximate surface area is 110 Å². The van der Waals surface area contributed by atoms with Gasteiger partial charge in [0.1, 0.15) is 0 Å². The maximum absolute atomic E-state index is 4.42. The molecule has 96 valence electrons. The molecular weight excluding hydrogens is 240 g/mol. The second-order valence-electron chi connectivity index (χ2n) is 4.14. The summed E-state index contributed by atoms with van der Waals surface area (Å²) in [5.74, 6) is 0. The third-order valence-electron chi connectivity index (χ3n) is 2.70. The van der Waals surface area contributed by atoms with E-state index in [9.17, 15) is 0 Å². The fraction of sp³-hybridized carbons (Fsp3) is 0.154. The van der Waals surface area contributed by atoms with Crippen LogP contribution in [0.3, 0.4) is 0 Å². The first-order chi connectivity index (χ1) is 9.42. The number of aromatic amines is 1. The lowest BCUT2D eigenvalue weighted by Gasteiger charge is -2.00. The van der Waals surface area contributed by atoms with Crippen LogP contribution < -0.4 is 5.32 Å². The van der Waals surface area contributed by atoms with Crippen LogP contribution in [0.15, 0.2) is 49.1 Å². The maximum atomic E-state index is 4.42. The normalized spacial score (nSPS) is 10.7. The van der Waals surface area contributed by atoms with Crippen LogP contribution >= 0.6 is 0 Å². The first-order valence-electron chi connectivity index (χ1n) is 6.06. The molecule has 0 spiro atoms. The molecule has 6 nitrogen and oxygen atoms in total. The highest BCUT2D eigenvalue weighted by atomic mass is 15.5. The molecule has 0 aliphatic heterocycles. The molecule has 0 radical (unpaired) electrons. The van der Waals surface area contributed by atoms with Gasteiger partial charge in [0.25, 0.3) is 0 Å². The summed E-state index contributed by atoms with van der Waals surface area (Å²) in [6.07, 6.45) is 5.24. The molecule has 2 aromatic heterocycles. The molecule has 0 unspecified atom stereocenters. The van der Waals surface area contributed by atoms with Crippen molar-refractivity contribution in [2.45, 2.75) is 13.1 Å². The van der Waals surface area contributed by atoms with Crippen molar-refractivity contribution in [2.24, 2.45) is 0 Å². The lowest BCUT2D eigenvalue weighted by molar-refractivity contribution is 0.655. The zero-order valence-electron chi connectivity index (χ0n) is 10.3. The van der Waals surface area contributed by atoms with Crippen LogP contribution in [-0.4, -0.2) is 25.0 Å². The SMILES string of the molecule is c1ccc(-n2ncc(CNCc3cnc[nH]3)n2)cc1. The second kappa shape index (κ2) is 5.45. The van der Waals surface area contributed by atoms with Gasteiger partial charge in [-0.25, -0.2) is 4.98 Å². The van der Waals surface area contributed by atoms with Crippen molar-refractivity contribution in [3.8, 4) is 5.69 Å². The van der Waals surface area contributed by atoms with E-state index in [0.717, 1.165) is 23.6 Å². The van der Waals surface area contributed by atoms with Gasteiger partial charge in [-0.1, -0.05) is 18.2 Å². The van der Waals surface area contributed by atoms with E-state index in [0.29, 0.717) is 6.54 Å². The minimum atomic E-state index is 0.672. The molecule has 0 aliphatic carbocycles. The summed E-state index contributed by atoms with van der Waals surface area (Å²) in [6, 6.07) is 9.85. The lowest BCUT2D eigenvalue weighted by atomic mass is 10.3. The van der Waals surface area contributed by atoms with E-state index in [1.54, 1.807) is 23.5 Å².